The minimum Gasteiger partial charge on any atom is -0.310 e. The highest BCUT2D eigenvalue weighted by Crippen LogP contribution is 2.39. The zero-order chi connectivity index (χ0) is 19.7. The Morgan fingerprint density at radius 2 is 1.89 bits per heavy atom. The van der Waals surface area contributed by atoms with E-state index < -0.39 is 10.0 Å². The molecule has 3 heterocycles. The van der Waals surface area contributed by atoms with Crippen molar-refractivity contribution in [1.29, 1.82) is 0 Å². The van der Waals surface area contributed by atoms with Crippen molar-refractivity contribution in [3.8, 4) is 0 Å². The average Bonchev–Trinajstić information content (AvgIpc) is 2.73. The topological polar surface area (TPSA) is 70.6 Å². The number of carbonyl (C=O) groups is 1. The Bertz CT molecular complexity index is 958. The predicted molar refractivity (Wildman–Crippen MR) is 110 cm³/mol. The average molecular weight is 418 g/mol. The number of amides is 1. The molecule has 1 aromatic carbocycles. The number of hydrogen-bond donors (Lipinski definition) is 0. The van der Waals surface area contributed by atoms with E-state index in [0.717, 1.165) is 10.6 Å². The Hall–Kier alpha value is -1.90. The van der Waals surface area contributed by atoms with Gasteiger partial charge in [0.25, 0.3) is 0 Å². The standard InChI is InChI=1S/C20H23N3O3S2/c1-15-14-23(18-6-2-3-7-19(18)27-15)20(24)16-8-11-22(12-9-16)28(25,26)17-5-4-10-21-13-17/h2-7,10,13,15-16H,8-9,11-12,14H2,1H3/t15-/m1/s1. The van der Waals surface area contributed by atoms with Crippen LogP contribution in [0.5, 0.6) is 0 Å². The minimum absolute atomic E-state index is 0.109. The molecule has 148 valence electrons. The molecule has 4 rings (SSSR count). The number of sulfonamides is 1. The van der Waals surface area contributed by atoms with E-state index in [1.54, 1.807) is 30.1 Å². The fraction of sp³-hybridized carbons (Fsp3) is 0.400. The van der Waals surface area contributed by atoms with Crippen molar-refractivity contribution in [3.05, 3.63) is 48.8 Å². The third kappa shape index (κ3) is 3.68. The van der Waals surface area contributed by atoms with Gasteiger partial charge in [0.1, 0.15) is 4.90 Å². The summed E-state index contributed by atoms with van der Waals surface area (Å²) in [4.78, 5) is 20.4. The van der Waals surface area contributed by atoms with Gasteiger partial charge in [0.2, 0.25) is 15.9 Å². The first-order valence-electron chi connectivity index (χ1n) is 9.44. The quantitative estimate of drug-likeness (QED) is 0.768. The number of benzene rings is 1. The molecule has 2 aliphatic rings. The molecule has 0 saturated carbocycles. The van der Waals surface area contributed by atoms with Gasteiger partial charge in [0.05, 0.1) is 5.69 Å². The zero-order valence-corrected chi connectivity index (χ0v) is 17.3. The number of anilines is 1. The van der Waals surface area contributed by atoms with Crippen LogP contribution < -0.4 is 4.90 Å². The summed E-state index contributed by atoms with van der Waals surface area (Å²) in [6.45, 7) is 3.53. The first kappa shape index (κ1) is 19.4. The molecule has 6 nitrogen and oxygen atoms in total. The van der Waals surface area contributed by atoms with Gasteiger partial charge < -0.3 is 4.90 Å². The Morgan fingerprint density at radius 3 is 2.61 bits per heavy atom. The van der Waals surface area contributed by atoms with Gasteiger partial charge in [-0.05, 0) is 37.1 Å². The molecule has 0 spiro atoms. The van der Waals surface area contributed by atoms with Crippen LogP contribution in [0.4, 0.5) is 5.69 Å². The van der Waals surface area contributed by atoms with Gasteiger partial charge >= 0.3 is 0 Å². The van der Waals surface area contributed by atoms with Gasteiger partial charge in [0, 0.05) is 48.1 Å². The second-order valence-corrected chi connectivity index (χ2v) is 10.6. The van der Waals surface area contributed by atoms with Gasteiger partial charge in [-0.15, -0.1) is 11.8 Å². The van der Waals surface area contributed by atoms with Crippen LogP contribution in [0, 0.1) is 5.92 Å². The van der Waals surface area contributed by atoms with E-state index in [-0.39, 0.29) is 16.7 Å². The van der Waals surface area contributed by atoms with Crippen LogP contribution in [0.3, 0.4) is 0 Å². The smallest absolute Gasteiger partial charge is 0.244 e. The van der Waals surface area contributed by atoms with Gasteiger partial charge in [-0.25, -0.2) is 8.42 Å². The van der Waals surface area contributed by atoms with Crippen LogP contribution in [-0.4, -0.2) is 48.5 Å². The molecule has 0 N–H and O–H groups in total. The lowest BCUT2D eigenvalue weighted by atomic mass is 9.96. The van der Waals surface area contributed by atoms with Crippen LogP contribution >= 0.6 is 11.8 Å². The largest absolute Gasteiger partial charge is 0.310 e. The molecule has 1 saturated heterocycles. The summed E-state index contributed by atoms with van der Waals surface area (Å²) in [6, 6.07) is 11.2. The number of pyridine rings is 1. The molecule has 0 aliphatic carbocycles. The molecule has 1 amide bonds. The van der Waals surface area contributed by atoms with Gasteiger partial charge in [-0.3, -0.25) is 9.78 Å². The Kier molecular flexibility index (Phi) is 5.44. The number of fused-ring (bicyclic) bond motifs is 1. The van der Waals surface area contributed by atoms with Crippen LogP contribution in [-0.2, 0) is 14.8 Å². The highest BCUT2D eigenvalue weighted by Gasteiger charge is 2.36. The molecule has 2 aliphatic heterocycles. The molecule has 8 heteroatoms. The Balaban J connectivity index is 1.47. The predicted octanol–water partition coefficient (Wildman–Crippen LogP) is 3.01. The van der Waals surface area contributed by atoms with Crippen molar-refractivity contribution in [2.45, 2.75) is 34.8 Å². The highest BCUT2D eigenvalue weighted by atomic mass is 32.2. The van der Waals surface area contributed by atoms with Crippen LogP contribution in [0.1, 0.15) is 19.8 Å². The molecular weight excluding hydrogens is 394 g/mol. The Labute approximate surface area is 170 Å². The summed E-state index contributed by atoms with van der Waals surface area (Å²) < 4.78 is 27.0. The summed E-state index contributed by atoms with van der Waals surface area (Å²) in [5, 5.41) is 0.338. The van der Waals surface area contributed by atoms with Crippen molar-refractivity contribution in [1.82, 2.24) is 9.29 Å². The fourth-order valence-electron chi connectivity index (χ4n) is 3.81. The summed E-state index contributed by atoms with van der Waals surface area (Å²) >= 11 is 1.79. The van der Waals surface area contributed by atoms with Crippen molar-refractivity contribution >= 4 is 33.4 Å². The van der Waals surface area contributed by atoms with Crippen molar-refractivity contribution in [3.63, 3.8) is 0 Å². The lowest BCUT2D eigenvalue weighted by molar-refractivity contribution is -0.123. The zero-order valence-electron chi connectivity index (χ0n) is 15.7. The summed E-state index contributed by atoms with van der Waals surface area (Å²) in [6.07, 6.45) is 4.01. The molecule has 0 unspecified atom stereocenters. The number of hydrogen-bond acceptors (Lipinski definition) is 5. The number of piperidine rings is 1. The number of para-hydroxylation sites is 1. The Morgan fingerprint density at radius 1 is 1.14 bits per heavy atom. The maximum absolute atomic E-state index is 13.2. The number of thioether (sulfide) groups is 1. The summed E-state index contributed by atoms with van der Waals surface area (Å²) in [5.74, 6) is -0.0401. The van der Waals surface area contributed by atoms with Crippen LogP contribution in [0.15, 0.2) is 58.6 Å². The third-order valence-electron chi connectivity index (χ3n) is 5.27. The van der Waals surface area contributed by atoms with E-state index >= 15 is 0 Å². The molecule has 1 aromatic heterocycles. The third-order valence-corrected chi connectivity index (χ3v) is 8.30. The van der Waals surface area contributed by atoms with E-state index in [4.69, 9.17) is 0 Å². The van der Waals surface area contributed by atoms with Crippen molar-refractivity contribution in [2.75, 3.05) is 24.5 Å². The number of carbonyl (C=O) groups excluding carboxylic acids is 1. The molecule has 0 bridgehead atoms. The van der Waals surface area contributed by atoms with Crippen LogP contribution in [0.25, 0.3) is 0 Å². The second kappa shape index (κ2) is 7.85. The van der Waals surface area contributed by atoms with E-state index in [2.05, 4.69) is 18.0 Å². The van der Waals surface area contributed by atoms with Crippen molar-refractivity contribution < 1.29 is 13.2 Å². The molecule has 2 aromatic rings. The van der Waals surface area contributed by atoms with Crippen LogP contribution in [0.2, 0.25) is 0 Å². The maximum Gasteiger partial charge on any atom is 0.244 e. The minimum atomic E-state index is -3.55. The number of rotatable bonds is 3. The molecule has 1 atom stereocenters. The summed E-state index contributed by atoms with van der Waals surface area (Å²) in [7, 11) is -3.55. The van der Waals surface area contributed by atoms with E-state index in [1.807, 2.05) is 23.1 Å². The first-order valence-corrected chi connectivity index (χ1v) is 11.8. The molecule has 0 radical (unpaired) electrons. The van der Waals surface area contributed by atoms with E-state index in [0.29, 0.717) is 37.7 Å². The fourth-order valence-corrected chi connectivity index (χ4v) is 6.36. The SMILES string of the molecule is C[C@@H]1CN(C(=O)C2CCN(S(=O)(=O)c3cccnc3)CC2)c2ccccc2S1. The van der Waals surface area contributed by atoms with Crippen molar-refractivity contribution in [2.24, 2.45) is 5.92 Å². The molecule has 1 fully saturated rings. The number of nitrogens with zero attached hydrogens (tertiary/aromatic N) is 3. The molecule has 28 heavy (non-hydrogen) atoms. The first-order chi connectivity index (χ1) is 13.5. The maximum atomic E-state index is 13.2. The molecular formula is C20H23N3O3S2. The monoisotopic (exact) mass is 417 g/mol. The van der Waals surface area contributed by atoms with Gasteiger partial charge in [-0.1, -0.05) is 19.1 Å². The number of aromatic nitrogens is 1. The van der Waals surface area contributed by atoms with E-state index in [1.165, 1.54) is 10.5 Å². The van der Waals surface area contributed by atoms with Gasteiger partial charge in [0.15, 0.2) is 0 Å². The lowest BCUT2D eigenvalue weighted by Gasteiger charge is -2.37. The summed E-state index contributed by atoms with van der Waals surface area (Å²) in [5.41, 5.74) is 0.973. The van der Waals surface area contributed by atoms with Gasteiger partial charge in [-0.2, -0.15) is 4.31 Å². The second-order valence-electron chi connectivity index (χ2n) is 7.21. The normalized spacial score (nSPS) is 21.3. The highest BCUT2D eigenvalue weighted by molar-refractivity contribution is 8.00. The lowest BCUT2D eigenvalue weighted by Crippen LogP contribution is -2.46. The van der Waals surface area contributed by atoms with E-state index in [9.17, 15) is 13.2 Å².